The molecule has 1 aromatic rings. The van der Waals surface area contributed by atoms with Crippen molar-refractivity contribution in [2.24, 2.45) is 23.7 Å². The van der Waals surface area contributed by atoms with Crippen molar-refractivity contribution in [3.05, 3.63) is 17.5 Å². The summed E-state index contributed by atoms with van der Waals surface area (Å²) in [6.45, 7) is 6.07. The highest BCUT2D eigenvalue weighted by Gasteiger charge is 2.52. The number of hydrogen-bond donors (Lipinski definition) is 2. The summed E-state index contributed by atoms with van der Waals surface area (Å²) in [5, 5.41) is 15.7. The van der Waals surface area contributed by atoms with Gasteiger partial charge < -0.3 is 14.9 Å². The van der Waals surface area contributed by atoms with E-state index in [-0.39, 0.29) is 17.7 Å². The molecule has 20 heavy (non-hydrogen) atoms. The molecule has 1 saturated carbocycles. The van der Waals surface area contributed by atoms with Crippen LogP contribution in [0.5, 0.6) is 0 Å². The lowest BCUT2D eigenvalue weighted by molar-refractivity contribution is -0.163. The van der Waals surface area contributed by atoms with Crippen molar-refractivity contribution in [1.82, 2.24) is 10.5 Å². The van der Waals surface area contributed by atoms with Crippen LogP contribution < -0.4 is 5.32 Å². The molecule has 0 aliphatic heterocycles. The third-order valence-corrected chi connectivity index (χ3v) is 4.28. The number of hydrogen-bond acceptors (Lipinski definition) is 4. The minimum Gasteiger partial charge on any atom is -0.481 e. The molecule has 6 heteroatoms. The van der Waals surface area contributed by atoms with Crippen molar-refractivity contribution in [3.63, 3.8) is 0 Å². The number of carbonyl (C=O) groups excluding carboxylic acids is 1. The second-order valence-corrected chi connectivity index (χ2v) is 5.58. The van der Waals surface area contributed by atoms with E-state index >= 15 is 0 Å². The summed E-state index contributed by atoms with van der Waals surface area (Å²) in [5.41, 5.74) is 0.804. The number of carboxylic acid groups (broad SMARTS) is 1. The zero-order valence-corrected chi connectivity index (χ0v) is 11.9. The van der Waals surface area contributed by atoms with Gasteiger partial charge in [0.05, 0.1) is 17.5 Å². The van der Waals surface area contributed by atoms with E-state index in [0.29, 0.717) is 18.7 Å². The summed E-state index contributed by atoms with van der Waals surface area (Å²) in [5.74, 6) is -1.21. The second kappa shape index (κ2) is 5.64. The molecule has 110 valence electrons. The summed E-state index contributed by atoms with van der Waals surface area (Å²) in [6, 6.07) is 1.82. The van der Waals surface area contributed by atoms with Crippen LogP contribution in [0.15, 0.2) is 10.6 Å². The van der Waals surface area contributed by atoms with Gasteiger partial charge in [-0.05, 0) is 18.8 Å². The standard InChI is InChI=1S/C14H20N2O4/c1-7-6-10(20-16-7)4-5-15-13(17)11-8(2)9(3)12(11)14(18)19/h6,8-9,11-12H,4-5H2,1-3H3,(H,15,17)(H,18,19)/t8?,9?,11-,12+/m0/s1. The molecule has 1 aliphatic rings. The molecule has 0 bridgehead atoms. The van der Waals surface area contributed by atoms with E-state index in [1.807, 2.05) is 26.8 Å². The minimum absolute atomic E-state index is 0.0418. The highest BCUT2D eigenvalue weighted by Crippen LogP contribution is 2.45. The van der Waals surface area contributed by atoms with E-state index in [1.54, 1.807) is 0 Å². The molecule has 0 saturated heterocycles. The van der Waals surface area contributed by atoms with Crippen LogP contribution in [-0.2, 0) is 16.0 Å². The Balaban J connectivity index is 1.84. The molecule has 2 unspecified atom stereocenters. The maximum Gasteiger partial charge on any atom is 0.307 e. The van der Waals surface area contributed by atoms with Crippen LogP contribution in [0, 0.1) is 30.6 Å². The summed E-state index contributed by atoms with van der Waals surface area (Å²) >= 11 is 0. The summed E-state index contributed by atoms with van der Waals surface area (Å²) in [4.78, 5) is 23.2. The Morgan fingerprint density at radius 1 is 1.35 bits per heavy atom. The number of nitrogens with one attached hydrogen (secondary N) is 1. The number of nitrogens with zero attached hydrogens (tertiary/aromatic N) is 1. The number of carboxylic acids is 1. The number of carbonyl (C=O) groups is 2. The first-order valence-corrected chi connectivity index (χ1v) is 6.84. The van der Waals surface area contributed by atoms with Crippen LogP contribution in [0.3, 0.4) is 0 Å². The predicted octanol–water partition coefficient (Wildman–Crippen LogP) is 1.24. The van der Waals surface area contributed by atoms with Crippen molar-refractivity contribution >= 4 is 11.9 Å². The first-order valence-electron chi connectivity index (χ1n) is 6.84. The maximum absolute atomic E-state index is 12.1. The van der Waals surface area contributed by atoms with Gasteiger partial charge in [0.1, 0.15) is 5.76 Å². The van der Waals surface area contributed by atoms with Gasteiger partial charge in [-0.1, -0.05) is 19.0 Å². The lowest BCUT2D eigenvalue weighted by Gasteiger charge is -2.45. The Bertz CT molecular complexity index is 511. The third-order valence-electron chi connectivity index (χ3n) is 4.28. The van der Waals surface area contributed by atoms with Gasteiger partial charge in [0.2, 0.25) is 5.91 Å². The van der Waals surface area contributed by atoms with Gasteiger partial charge in [0.25, 0.3) is 0 Å². The third kappa shape index (κ3) is 2.69. The Labute approximate surface area is 117 Å². The Morgan fingerprint density at radius 2 is 2.00 bits per heavy atom. The van der Waals surface area contributed by atoms with E-state index in [2.05, 4.69) is 10.5 Å². The average Bonchev–Trinajstić information content (AvgIpc) is 2.79. The molecule has 1 fully saturated rings. The molecule has 1 heterocycles. The highest BCUT2D eigenvalue weighted by atomic mass is 16.5. The molecule has 6 nitrogen and oxygen atoms in total. The van der Waals surface area contributed by atoms with E-state index < -0.39 is 17.8 Å². The number of rotatable bonds is 5. The van der Waals surface area contributed by atoms with Crippen molar-refractivity contribution in [3.8, 4) is 0 Å². The quantitative estimate of drug-likeness (QED) is 0.846. The first-order chi connectivity index (χ1) is 9.41. The van der Waals surface area contributed by atoms with Crippen LogP contribution in [-0.4, -0.2) is 28.7 Å². The van der Waals surface area contributed by atoms with E-state index in [1.165, 1.54) is 0 Å². The fraction of sp³-hybridized carbons (Fsp3) is 0.643. The Hall–Kier alpha value is -1.85. The van der Waals surface area contributed by atoms with Crippen LogP contribution in [0.2, 0.25) is 0 Å². The SMILES string of the molecule is Cc1cc(CCNC(=O)[C@H]2C(C)C(C)[C@H]2C(=O)O)on1. The predicted molar refractivity (Wildman–Crippen MR) is 70.9 cm³/mol. The number of aryl methyl sites for hydroxylation is 1. The summed E-state index contributed by atoms with van der Waals surface area (Å²) in [6.07, 6.45) is 0.557. The highest BCUT2D eigenvalue weighted by molar-refractivity contribution is 5.87. The zero-order chi connectivity index (χ0) is 14.9. The van der Waals surface area contributed by atoms with Gasteiger partial charge in [-0.15, -0.1) is 0 Å². The molecule has 2 N–H and O–H groups in total. The Morgan fingerprint density at radius 3 is 2.55 bits per heavy atom. The topological polar surface area (TPSA) is 92.4 Å². The molecule has 2 rings (SSSR count). The van der Waals surface area contributed by atoms with Crippen molar-refractivity contribution in [1.29, 1.82) is 0 Å². The number of aromatic nitrogens is 1. The molecule has 0 aromatic carbocycles. The Kier molecular flexibility index (Phi) is 4.11. The normalized spacial score (nSPS) is 28.8. The lowest BCUT2D eigenvalue weighted by Crippen LogP contribution is -2.55. The van der Waals surface area contributed by atoms with Gasteiger partial charge in [-0.25, -0.2) is 0 Å². The van der Waals surface area contributed by atoms with Gasteiger partial charge in [0, 0.05) is 19.0 Å². The molecule has 1 amide bonds. The van der Waals surface area contributed by atoms with Crippen molar-refractivity contribution < 1.29 is 19.2 Å². The van der Waals surface area contributed by atoms with Crippen molar-refractivity contribution in [2.75, 3.05) is 6.54 Å². The van der Waals surface area contributed by atoms with Crippen LogP contribution in [0.4, 0.5) is 0 Å². The first kappa shape index (κ1) is 14.6. The second-order valence-electron chi connectivity index (χ2n) is 5.58. The van der Waals surface area contributed by atoms with Gasteiger partial charge in [0.15, 0.2) is 0 Å². The molecule has 1 aromatic heterocycles. The summed E-state index contributed by atoms with van der Waals surface area (Å²) < 4.78 is 5.05. The largest absolute Gasteiger partial charge is 0.481 e. The van der Waals surface area contributed by atoms with Crippen LogP contribution >= 0.6 is 0 Å². The van der Waals surface area contributed by atoms with E-state index in [9.17, 15) is 9.59 Å². The fourth-order valence-corrected chi connectivity index (χ4v) is 2.90. The summed E-state index contributed by atoms with van der Waals surface area (Å²) in [7, 11) is 0. The zero-order valence-electron chi connectivity index (χ0n) is 11.9. The lowest BCUT2D eigenvalue weighted by atomic mass is 9.57. The molecular formula is C14H20N2O4. The number of aliphatic carboxylic acids is 1. The average molecular weight is 280 g/mol. The molecule has 0 spiro atoms. The van der Waals surface area contributed by atoms with Crippen LogP contribution in [0.1, 0.15) is 25.3 Å². The van der Waals surface area contributed by atoms with Crippen molar-refractivity contribution in [2.45, 2.75) is 27.2 Å². The van der Waals surface area contributed by atoms with E-state index in [0.717, 1.165) is 5.69 Å². The molecule has 1 aliphatic carbocycles. The smallest absolute Gasteiger partial charge is 0.307 e. The van der Waals surface area contributed by atoms with Gasteiger partial charge >= 0.3 is 5.97 Å². The number of amides is 1. The van der Waals surface area contributed by atoms with Crippen LogP contribution in [0.25, 0.3) is 0 Å². The molecule has 0 radical (unpaired) electrons. The van der Waals surface area contributed by atoms with Gasteiger partial charge in [-0.3, -0.25) is 9.59 Å². The molecule has 4 atom stereocenters. The monoisotopic (exact) mass is 280 g/mol. The van der Waals surface area contributed by atoms with Gasteiger partial charge in [-0.2, -0.15) is 0 Å². The fourth-order valence-electron chi connectivity index (χ4n) is 2.90. The van der Waals surface area contributed by atoms with E-state index in [4.69, 9.17) is 9.63 Å². The molecular weight excluding hydrogens is 260 g/mol. The minimum atomic E-state index is -0.887. The maximum atomic E-state index is 12.1.